The Morgan fingerprint density at radius 3 is 1.53 bits per heavy atom. The van der Waals surface area contributed by atoms with Gasteiger partial charge in [-0.2, -0.15) is 0 Å². The van der Waals surface area contributed by atoms with Crippen LogP contribution in [0.15, 0.2) is 0 Å². The first kappa shape index (κ1) is 13.9. The van der Waals surface area contributed by atoms with E-state index in [1.165, 1.54) is 0 Å². The van der Waals surface area contributed by atoms with Gasteiger partial charge in [0.25, 0.3) is 0 Å². The van der Waals surface area contributed by atoms with Crippen LogP contribution in [0.2, 0.25) is 0 Å². The molecule has 0 radical (unpaired) electrons. The lowest BCUT2D eigenvalue weighted by atomic mass is 10.3. The van der Waals surface area contributed by atoms with Gasteiger partial charge in [-0.25, -0.2) is 0 Å². The van der Waals surface area contributed by atoms with Gasteiger partial charge >= 0.3 is 0 Å². The Morgan fingerprint density at radius 1 is 0.800 bits per heavy atom. The molecule has 0 bridgehead atoms. The average molecular weight is 216 g/mol. The van der Waals surface area contributed by atoms with E-state index in [0.717, 1.165) is 19.5 Å². The van der Waals surface area contributed by atoms with Gasteiger partial charge in [-0.15, -0.1) is 0 Å². The molecule has 88 valence electrons. The zero-order valence-corrected chi connectivity index (χ0v) is 8.92. The molecular formula is C9H20N4O2. The lowest BCUT2D eigenvalue weighted by molar-refractivity contribution is -0.118. The molecule has 0 rings (SSSR count). The average Bonchev–Trinajstić information content (AvgIpc) is 2.14. The first-order chi connectivity index (χ1) is 7.13. The van der Waals surface area contributed by atoms with Crippen molar-refractivity contribution in [1.82, 2.24) is 10.6 Å². The molecule has 0 spiro atoms. The topological polar surface area (TPSA) is 110 Å². The minimum absolute atomic E-state index is 0.290. The second-order valence-electron chi connectivity index (χ2n) is 3.29. The minimum Gasteiger partial charge on any atom is -0.370 e. The Hall–Kier alpha value is -1.14. The molecule has 0 aliphatic rings. The van der Waals surface area contributed by atoms with Gasteiger partial charge in [0.15, 0.2) is 0 Å². The zero-order valence-electron chi connectivity index (χ0n) is 8.92. The number of nitrogens with two attached hydrogens (primary N) is 2. The minimum atomic E-state index is -0.290. The summed E-state index contributed by atoms with van der Waals surface area (Å²) in [6.07, 6.45) is 1.68. The molecule has 6 nitrogen and oxygen atoms in total. The van der Waals surface area contributed by atoms with E-state index in [0.29, 0.717) is 25.9 Å². The molecule has 2 amide bonds. The maximum atomic E-state index is 10.4. The lowest BCUT2D eigenvalue weighted by Gasteiger charge is -2.04. The fraction of sp³-hybridized carbons (Fsp3) is 0.778. The van der Waals surface area contributed by atoms with Gasteiger partial charge in [0.1, 0.15) is 0 Å². The second kappa shape index (κ2) is 9.42. The Bertz CT molecular complexity index is 177. The number of carbonyl (C=O) groups is 2. The summed E-state index contributed by atoms with van der Waals surface area (Å²) in [6.45, 7) is 2.90. The fourth-order valence-corrected chi connectivity index (χ4v) is 1.01. The molecule has 0 fully saturated rings. The number of carbonyl (C=O) groups excluding carboxylic acids is 2. The Morgan fingerprint density at radius 2 is 1.20 bits per heavy atom. The van der Waals surface area contributed by atoms with Gasteiger partial charge in [-0.3, -0.25) is 9.59 Å². The second-order valence-corrected chi connectivity index (χ2v) is 3.29. The van der Waals surface area contributed by atoms with Crippen molar-refractivity contribution >= 4 is 11.8 Å². The third-order valence-corrected chi connectivity index (χ3v) is 1.80. The summed E-state index contributed by atoms with van der Waals surface area (Å²) in [5.74, 6) is -0.579. The van der Waals surface area contributed by atoms with Crippen molar-refractivity contribution in [2.75, 3.05) is 26.2 Å². The molecule has 0 unspecified atom stereocenters. The third kappa shape index (κ3) is 12.9. The van der Waals surface area contributed by atoms with Crippen molar-refractivity contribution in [3.05, 3.63) is 0 Å². The zero-order chi connectivity index (χ0) is 11.5. The van der Waals surface area contributed by atoms with Crippen LogP contribution in [0, 0.1) is 0 Å². The predicted octanol–water partition coefficient (Wildman–Crippen LogP) is -1.69. The van der Waals surface area contributed by atoms with E-state index >= 15 is 0 Å². The van der Waals surface area contributed by atoms with E-state index in [4.69, 9.17) is 11.5 Å². The summed E-state index contributed by atoms with van der Waals surface area (Å²) in [4.78, 5) is 20.7. The highest BCUT2D eigenvalue weighted by Gasteiger charge is 1.94. The standard InChI is InChI=1S/C9H20N4O2/c10-8(14)2-6-12-4-1-5-13-7-3-9(11)15/h12-13H,1-7H2,(H2,10,14)(H2,11,15). The van der Waals surface area contributed by atoms with Crippen molar-refractivity contribution in [3.8, 4) is 0 Å². The maximum Gasteiger partial charge on any atom is 0.218 e. The summed E-state index contributed by atoms with van der Waals surface area (Å²) in [5, 5.41) is 6.17. The molecule has 0 aliphatic carbocycles. The van der Waals surface area contributed by atoms with Gasteiger partial charge < -0.3 is 22.1 Å². The Kier molecular flexibility index (Phi) is 8.70. The van der Waals surface area contributed by atoms with Gasteiger partial charge in [-0.1, -0.05) is 0 Å². The van der Waals surface area contributed by atoms with Crippen molar-refractivity contribution in [2.24, 2.45) is 11.5 Å². The molecule has 6 heteroatoms. The highest BCUT2D eigenvalue weighted by Crippen LogP contribution is 1.78. The van der Waals surface area contributed by atoms with Crippen molar-refractivity contribution in [2.45, 2.75) is 19.3 Å². The maximum absolute atomic E-state index is 10.4. The van der Waals surface area contributed by atoms with E-state index in [2.05, 4.69) is 10.6 Å². The highest BCUT2D eigenvalue weighted by atomic mass is 16.1. The smallest absolute Gasteiger partial charge is 0.218 e. The van der Waals surface area contributed by atoms with Crippen LogP contribution in [0.25, 0.3) is 0 Å². The van der Waals surface area contributed by atoms with Crippen molar-refractivity contribution < 1.29 is 9.59 Å². The molecular weight excluding hydrogens is 196 g/mol. The molecule has 0 saturated heterocycles. The molecule has 0 heterocycles. The van der Waals surface area contributed by atoms with Crippen LogP contribution in [0.3, 0.4) is 0 Å². The third-order valence-electron chi connectivity index (χ3n) is 1.80. The first-order valence-corrected chi connectivity index (χ1v) is 5.11. The monoisotopic (exact) mass is 216 g/mol. The largest absolute Gasteiger partial charge is 0.370 e. The summed E-state index contributed by atoms with van der Waals surface area (Å²) in [6, 6.07) is 0. The van der Waals surface area contributed by atoms with Gasteiger partial charge in [0.2, 0.25) is 11.8 Å². The van der Waals surface area contributed by atoms with Crippen LogP contribution < -0.4 is 22.1 Å². The lowest BCUT2D eigenvalue weighted by Crippen LogP contribution is -2.27. The van der Waals surface area contributed by atoms with Crippen LogP contribution in [-0.2, 0) is 9.59 Å². The van der Waals surface area contributed by atoms with Crippen molar-refractivity contribution in [3.63, 3.8) is 0 Å². The predicted molar refractivity (Wildman–Crippen MR) is 58.0 cm³/mol. The molecule has 6 N–H and O–H groups in total. The van der Waals surface area contributed by atoms with Crippen LogP contribution >= 0.6 is 0 Å². The fourth-order valence-electron chi connectivity index (χ4n) is 1.01. The van der Waals surface area contributed by atoms with E-state index in [9.17, 15) is 9.59 Å². The number of rotatable bonds is 10. The Balaban J connectivity index is 2.99. The van der Waals surface area contributed by atoms with Gasteiger partial charge in [0, 0.05) is 25.9 Å². The Labute approximate surface area is 89.8 Å². The van der Waals surface area contributed by atoms with E-state index in [-0.39, 0.29) is 11.8 Å². The molecule has 0 saturated carbocycles. The molecule has 15 heavy (non-hydrogen) atoms. The number of primary amides is 2. The van der Waals surface area contributed by atoms with Crippen LogP contribution in [-0.4, -0.2) is 38.0 Å². The number of nitrogens with one attached hydrogen (secondary N) is 2. The number of amides is 2. The van der Waals surface area contributed by atoms with Crippen LogP contribution in [0.5, 0.6) is 0 Å². The summed E-state index contributed by atoms with van der Waals surface area (Å²) < 4.78 is 0. The van der Waals surface area contributed by atoms with E-state index in [1.54, 1.807) is 0 Å². The van der Waals surface area contributed by atoms with Crippen LogP contribution in [0.4, 0.5) is 0 Å². The summed E-state index contributed by atoms with van der Waals surface area (Å²) in [5.41, 5.74) is 9.93. The van der Waals surface area contributed by atoms with Crippen LogP contribution in [0.1, 0.15) is 19.3 Å². The molecule has 0 aromatic heterocycles. The summed E-state index contributed by atoms with van der Waals surface area (Å²) >= 11 is 0. The number of hydrogen-bond acceptors (Lipinski definition) is 4. The van der Waals surface area contributed by atoms with Gasteiger partial charge in [0.05, 0.1) is 0 Å². The quantitative estimate of drug-likeness (QED) is 0.326. The van der Waals surface area contributed by atoms with Crippen molar-refractivity contribution in [1.29, 1.82) is 0 Å². The number of hydrogen-bond donors (Lipinski definition) is 4. The molecule has 0 atom stereocenters. The SMILES string of the molecule is NC(=O)CCNCCCNCCC(N)=O. The van der Waals surface area contributed by atoms with E-state index in [1.807, 2.05) is 0 Å². The summed E-state index contributed by atoms with van der Waals surface area (Å²) in [7, 11) is 0. The molecule has 0 aliphatic heterocycles. The first-order valence-electron chi connectivity index (χ1n) is 5.11. The molecule has 0 aromatic carbocycles. The van der Waals surface area contributed by atoms with E-state index < -0.39 is 0 Å². The van der Waals surface area contributed by atoms with Gasteiger partial charge in [-0.05, 0) is 19.5 Å². The molecule has 0 aromatic rings. The normalized spacial score (nSPS) is 10.1. The highest BCUT2D eigenvalue weighted by molar-refractivity contribution is 5.74.